The van der Waals surface area contributed by atoms with Crippen molar-refractivity contribution in [2.45, 2.75) is 20.8 Å². The van der Waals surface area contributed by atoms with Crippen molar-refractivity contribution in [2.75, 3.05) is 0 Å². The van der Waals surface area contributed by atoms with E-state index in [-0.39, 0.29) is 12.4 Å². The molecular weight excluding hydrogens is 220 g/mol. The second-order valence-corrected chi connectivity index (χ2v) is 2.88. The Hall–Kier alpha value is -1.41. The van der Waals surface area contributed by atoms with Crippen molar-refractivity contribution < 1.29 is 0 Å². The number of hydrogen-bond donors (Lipinski definition) is 0. The number of nitrogens with zero attached hydrogens (tertiary/aromatic N) is 2. The Morgan fingerprint density at radius 1 is 0.812 bits per heavy atom. The highest BCUT2D eigenvalue weighted by Gasteiger charge is 1.95. The van der Waals surface area contributed by atoms with Crippen LogP contribution in [0.4, 0.5) is 0 Å². The minimum atomic E-state index is 0. The molecule has 2 rings (SSSR count). The minimum Gasteiger partial charge on any atom is -0.241 e. The maximum atomic E-state index is 4.14. The van der Waals surface area contributed by atoms with Crippen LogP contribution in [0.1, 0.15) is 19.7 Å². The number of aromatic nitrogens is 2. The highest BCUT2D eigenvalue weighted by molar-refractivity contribution is 5.85. The normalized spacial score (nSPS) is 8.44. The molecule has 3 heteroatoms. The molecule has 0 amide bonds. The molecule has 0 bridgehead atoms. The Morgan fingerprint density at radius 3 is 1.81 bits per heavy atom. The quantitative estimate of drug-likeness (QED) is 0.751. The largest absolute Gasteiger partial charge is 0.241 e. The van der Waals surface area contributed by atoms with Gasteiger partial charge in [-0.1, -0.05) is 44.2 Å². The van der Waals surface area contributed by atoms with Gasteiger partial charge in [0.2, 0.25) is 0 Å². The Kier molecular flexibility index (Phi) is 7.14. The van der Waals surface area contributed by atoms with Crippen molar-refractivity contribution in [3.63, 3.8) is 0 Å². The Labute approximate surface area is 103 Å². The SMILES string of the molecule is CC.Cc1ncc(-c2ccccc2)cn1.Cl. The topological polar surface area (TPSA) is 25.8 Å². The van der Waals surface area contributed by atoms with Crippen LogP contribution >= 0.6 is 12.4 Å². The Bertz CT molecular complexity index is 384. The van der Waals surface area contributed by atoms with Crippen LogP contribution in [0.2, 0.25) is 0 Å². The Balaban J connectivity index is 0.000000711. The van der Waals surface area contributed by atoms with Gasteiger partial charge in [-0.2, -0.15) is 0 Å². The number of hydrogen-bond acceptors (Lipinski definition) is 2. The molecule has 1 aromatic carbocycles. The van der Waals surface area contributed by atoms with Gasteiger partial charge in [0.25, 0.3) is 0 Å². The lowest BCUT2D eigenvalue weighted by Gasteiger charge is -1.99. The van der Waals surface area contributed by atoms with Gasteiger partial charge < -0.3 is 0 Å². The fraction of sp³-hybridized carbons (Fsp3) is 0.231. The minimum absolute atomic E-state index is 0. The summed E-state index contributed by atoms with van der Waals surface area (Å²) >= 11 is 0. The molecular formula is C13H17ClN2. The van der Waals surface area contributed by atoms with Gasteiger partial charge in [-0.3, -0.25) is 0 Å². The molecule has 0 atom stereocenters. The van der Waals surface area contributed by atoms with Gasteiger partial charge in [0, 0.05) is 18.0 Å². The molecule has 0 spiro atoms. The van der Waals surface area contributed by atoms with Crippen molar-refractivity contribution in [2.24, 2.45) is 0 Å². The van der Waals surface area contributed by atoms with Crippen molar-refractivity contribution in [1.29, 1.82) is 0 Å². The highest BCUT2D eigenvalue weighted by atomic mass is 35.5. The number of rotatable bonds is 1. The molecule has 1 heterocycles. The second kappa shape index (κ2) is 7.83. The zero-order valence-corrected chi connectivity index (χ0v) is 10.7. The highest BCUT2D eigenvalue weighted by Crippen LogP contribution is 2.15. The van der Waals surface area contributed by atoms with E-state index in [0.717, 1.165) is 17.0 Å². The van der Waals surface area contributed by atoms with Crippen LogP contribution in [0.5, 0.6) is 0 Å². The fourth-order valence-electron chi connectivity index (χ4n) is 1.17. The van der Waals surface area contributed by atoms with Crippen molar-refractivity contribution in [1.82, 2.24) is 9.97 Å². The van der Waals surface area contributed by atoms with Crippen molar-refractivity contribution in [3.8, 4) is 11.1 Å². The second-order valence-electron chi connectivity index (χ2n) is 2.88. The van der Waals surface area contributed by atoms with Gasteiger partial charge in [0.1, 0.15) is 5.82 Å². The molecule has 0 aliphatic carbocycles. The maximum absolute atomic E-state index is 4.14. The van der Waals surface area contributed by atoms with Crippen LogP contribution in [0.25, 0.3) is 11.1 Å². The predicted octanol–water partition coefficient (Wildman–Crippen LogP) is 3.90. The third-order valence-electron chi connectivity index (χ3n) is 1.89. The van der Waals surface area contributed by atoms with Crippen LogP contribution in [-0.2, 0) is 0 Å². The van der Waals surface area contributed by atoms with E-state index in [1.165, 1.54) is 0 Å². The summed E-state index contributed by atoms with van der Waals surface area (Å²) in [5.74, 6) is 0.805. The molecule has 0 aliphatic heterocycles. The molecule has 2 aromatic rings. The van der Waals surface area contributed by atoms with Crippen LogP contribution in [0.3, 0.4) is 0 Å². The van der Waals surface area contributed by atoms with Crippen LogP contribution in [0, 0.1) is 6.92 Å². The average Bonchev–Trinajstić information content (AvgIpc) is 2.34. The third kappa shape index (κ3) is 3.99. The summed E-state index contributed by atoms with van der Waals surface area (Å²) in [5, 5.41) is 0. The first kappa shape index (κ1) is 14.6. The summed E-state index contributed by atoms with van der Waals surface area (Å²) in [6, 6.07) is 10.1. The van der Waals surface area contributed by atoms with Gasteiger partial charge in [-0.25, -0.2) is 9.97 Å². The maximum Gasteiger partial charge on any atom is 0.125 e. The summed E-state index contributed by atoms with van der Waals surface area (Å²) in [4.78, 5) is 8.29. The molecule has 0 unspecified atom stereocenters. The monoisotopic (exact) mass is 236 g/mol. The molecule has 0 fully saturated rings. The predicted molar refractivity (Wildman–Crippen MR) is 70.8 cm³/mol. The van der Waals surface area contributed by atoms with Gasteiger partial charge in [-0.15, -0.1) is 12.4 Å². The molecule has 0 saturated heterocycles. The van der Waals surface area contributed by atoms with Gasteiger partial charge in [0.15, 0.2) is 0 Å². The lowest BCUT2D eigenvalue weighted by molar-refractivity contribution is 1.06. The van der Waals surface area contributed by atoms with E-state index in [4.69, 9.17) is 0 Å². The van der Waals surface area contributed by atoms with Gasteiger partial charge in [0.05, 0.1) is 0 Å². The van der Waals surface area contributed by atoms with E-state index in [1.807, 2.05) is 63.5 Å². The lowest BCUT2D eigenvalue weighted by Crippen LogP contribution is -1.86. The zero-order chi connectivity index (χ0) is 11.1. The van der Waals surface area contributed by atoms with Gasteiger partial charge in [-0.05, 0) is 12.5 Å². The lowest BCUT2D eigenvalue weighted by atomic mass is 10.1. The standard InChI is InChI=1S/C11H10N2.C2H6.ClH/c1-9-12-7-11(8-13-9)10-5-3-2-4-6-10;1-2;/h2-8H,1H3;1-2H3;1H. The Morgan fingerprint density at radius 2 is 1.31 bits per heavy atom. The number of halogens is 1. The third-order valence-corrected chi connectivity index (χ3v) is 1.89. The molecule has 2 nitrogen and oxygen atoms in total. The van der Waals surface area contributed by atoms with E-state index in [2.05, 4.69) is 9.97 Å². The first-order chi connectivity index (χ1) is 7.36. The molecule has 0 aliphatic rings. The first-order valence-corrected chi connectivity index (χ1v) is 5.20. The van der Waals surface area contributed by atoms with Crippen LogP contribution in [-0.4, -0.2) is 9.97 Å². The summed E-state index contributed by atoms with van der Waals surface area (Å²) in [6.45, 7) is 5.88. The smallest absolute Gasteiger partial charge is 0.125 e. The molecule has 0 N–H and O–H groups in total. The average molecular weight is 237 g/mol. The van der Waals surface area contributed by atoms with Crippen LogP contribution in [0.15, 0.2) is 42.7 Å². The van der Waals surface area contributed by atoms with E-state index < -0.39 is 0 Å². The summed E-state index contributed by atoms with van der Waals surface area (Å²) in [7, 11) is 0. The van der Waals surface area contributed by atoms with Crippen LogP contribution < -0.4 is 0 Å². The summed E-state index contributed by atoms with van der Waals surface area (Å²) in [5.41, 5.74) is 2.22. The zero-order valence-electron chi connectivity index (χ0n) is 9.84. The molecule has 0 saturated carbocycles. The first-order valence-electron chi connectivity index (χ1n) is 5.20. The molecule has 86 valence electrons. The number of aryl methyl sites for hydroxylation is 1. The van der Waals surface area contributed by atoms with Gasteiger partial charge >= 0.3 is 0 Å². The summed E-state index contributed by atoms with van der Waals surface area (Å²) in [6.07, 6.45) is 3.69. The summed E-state index contributed by atoms with van der Waals surface area (Å²) < 4.78 is 0. The van der Waals surface area contributed by atoms with E-state index in [1.54, 1.807) is 0 Å². The molecule has 16 heavy (non-hydrogen) atoms. The van der Waals surface area contributed by atoms with E-state index in [0.29, 0.717) is 0 Å². The number of benzene rings is 1. The molecule has 0 radical (unpaired) electrons. The van der Waals surface area contributed by atoms with E-state index >= 15 is 0 Å². The van der Waals surface area contributed by atoms with Crippen molar-refractivity contribution in [3.05, 3.63) is 48.5 Å². The van der Waals surface area contributed by atoms with E-state index in [9.17, 15) is 0 Å². The van der Waals surface area contributed by atoms with Crippen molar-refractivity contribution >= 4 is 12.4 Å². The molecule has 1 aromatic heterocycles. The fourth-order valence-corrected chi connectivity index (χ4v) is 1.17.